The molecule has 12 heteroatoms. The Labute approximate surface area is 172 Å². The van der Waals surface area contributed by atoms with Crippen molar-refractivity contribution in [1.29, 1.82) is 0 Å². The number of carbonyl (C=O) groups is 1. The van der Waals surface area contributed by atoms with Crippen LogP contribution < -0.4 is 15.1 Å². The molecule has 1 N–H and O–H groups in total. The standard InChI is InChI=1S/C18H21F2N5O4S/c1-24(2)15-13(11-21-18(23-15)25-7-9-29-10-8-25)22-16(26)12-5-3-4-6-14(12)30(27,28)17(19)20/h3-6,11,17H,7-10H2,1-2H3,(H,22,26). The van der Waals surface area contributed by atoms with Gasteiger partial charge in [0.05, 0.1) is 29.9 Å². The van der Waals surface area contributed by atoms with Gasteiger partial charge in [-0.1, -0.05) is 12.1 Å². The predicted octanol–water partition coefficient (Wildman–Crippen LogP) is 1.63. The first-order valence-electron chi connectivity index (χ1n) is 9.01. The Morgan fingerprint density at radius 3 is 2.53 bits per heavy atom. The Morgan fingerprint density at radius 2 is 1.90 bits per heavy atom. The van der Waals surface area contributed by atoms with Gasteiger partial charge in [-0.2, -0.15) is 13.8 Å². The summed E-state index contributed by atoms with van der Waals surface area (Å²) in [6, 6.07) is 4.81. The van der Waals surface area contributed by atoms with Gasteiger partial charge in [0.15, 0.2) is 5.82 Å². The largest absolute Gasteiger partial charge is 0.378 e. The summed E-state index contributed by atoms with van der Waals surface area (Å²) in [5.74, 6) is -3.66. The van der Waals surface area contributed by atoms with E-state index in [-0.39, 0.29) is 11.3 Å². The number of halogens is 2. The summed E-state index contributed by atoms with van der Waals surface area (Å²) in [5.41, 5.74) is -0.175. The second-order valence-electron chi connectivity index (χ2n) is 6.66. The molecule has 0 radical (unpaired) electrons. The maximum absolute atomic E-state index is 13.0. The number of ether oxygens (including phenoxy) is 1. The summed E-state index contributed by atoms with van der Waals surface area (Å²) >= 11 is 0. The van der Waals surface area contributed by atoms with E-state index in [1.807, 2.05) is 4.90 Å². The molecule has 1 amide bonds. The first kappa shape index (κ1) is 21.8. The Kier molecular flexibility index (Phi) is 6.46. The van der Waals surface area contributed by atoms with Crippen LogP contribution in [0.1, 0.15) is 10.4 Å². The number of nitrogens with one attached hydrogen (secondary N) is 1. The molecule has 0 atom stereocenters. The predicted molar refractivity (Wildman–Crippen MR) is 107 cm³/mol. The van der Waals surface area contributed by atoms with Gasteiger partial charge >= 0.3 is 5.76 Å². The highest BCUT2D eigenvalue weighted by molar-refractivity contribution is 7.91. The Balaban J connectivity index is 1.92. The third-order valence-corrected chi connectivity index (χ3v) is 5.83. The molecular formula is C18H21F2N5O4S. The molecular weight excluding hydrogens is 420 g/mol. The van der Waals surface area contributed by atoms with E-state index in [9.17, 15) is 22.0 Å². The van der Waals surface area contributed by atoms with E-state index in [2.05, 4.69) is 15.3 Å². The number of nitrogens with zero attached hydrogens (tertiary/aromatic N) is 4. The molecule has 1 aliphatic heterocycles. The van der Waals surface area contributed by atoms with Gasteiger partial charge in [0, 0.05) is 27.2 Å². The molecule has 30 heavy (non-hydrogen) atoms. The highest BCUT2D eigenvalue weighted by atomic mass is 32.2. The molecule has 2 aromatic rings. The van der Waals surface area contributed by atoms with E-state index in [1.54, 1.807) is 19.0 Å². The molecule has 3 rings (SSSR count). The lowest BCUT2D eigenvalue weighted by Crippen LogP contribution is -2.37. The molecule has 1 aromatic carbocycles. The zero-order valence-corrected chi connectivity index (χ0v) is 17.2. The van der Waals surface area contributed by atoms with Crippen molar-refractivity contribution in [2.24, 2.45) is 0 Å². The van der Waals surface area contributed by atoms with Gasteiger partial charge in [0.1, 0.15) is 5.69 Å². The van der Waals surface area contributed by atoms with Crippen molar-refractivity contribution in [3.05, 3.63) is 36.0 Å². The van der Waals surface area contributed by atoms with E-state index in [4.69, 9.17) is 4.74 Å². The van der Waals surface area contributed by atoms with Gasteiger partial charge < -0.3 is 19.9 Å². The lowest BCUT2D eigenvalue weighted by atomic mass is 10.2. The Hall–Kier alpha value is -2.86. The van der Waals surface area contributed by atoms with Crippen molar-refractivity contribution in [1.82, 2.24) is 9.97 Å². The van der Waals surface area contributed by atoms with Crippen molar-refractivity contribution in [2.75, 3.05) is 55.5 Å². The zero-order chi connectivity index (χ0) is 21.9. The summed E-state index contributed by atoms with van der Waals surface area (Å²) in [6.45, 7) is 2.35. The van der Waals surface area contributed by atoms with Crippen LogP contribution in [0.5, 0.6) is 0 Å². The first-order chi connectivity index (χ1) is 14.2. The Bertz CT molecular complexity index is 1030. The molecule has 9 nitrogen and oxygen atoms in total. The molecule has 1 fully saturated rings. The van der Waals surface area contributed by atoms with Crippen LogP contribution in [0.3, 0.4) is 0 Å². The second-order valence-corrected chi connectivity index (χ2v) is 8.54. The molecule has 0 spiro atoms. The second kappa shape index (κ2) is 8.88. The smallest absolute Gasteiger partial charge is 0.341 e. The summed E-state index contributed by atoms with van der Waals surface area (Å²) in [6.07, 6.45) is 1.40. The van der Waals surface area contributed by atoms with Gasteiger partial charge in [0.25, 0.3) is 5.91 Å². The molecule has 1 saturated heterocycles. The van der Waals surface area contributed by atoms with E-state index in [1.165, 1.54) is 24.4 Å². The molecule has 0 bridgehead atoms. The topological polar surface area (TPSA) is 105 Å². The lowest BCUT2D eigenvalue weighted by Gasteiger charge is -2.28. The van der Waals surface area contributed by atoms with Gasteiger partial charge in [-0.05, 0) is 12.1 Å². The van der Waals surface area contributed by atoms with E-state index in [0.29, 0.717) is 38.1 Å². The number of aromatic nitrogens is 2. The van der Waals surface area contributed by atoms with Crippen LogP contribution in [-0.4, -0.2) is 70.4 Å². The number of benzene rings is 1. The number of anilines is 3. The average molecular weight is 441 g/mol. The third kappa shape index (κ3) is 4.49. The number of hydrogen-bond donors (Lipinski definition) is 1. The Morgan fingerprint density at radius 1 is 1.23 bits per heavy atom. The summed E-state index contributed by atoms with van der Waals surface area (Å²) in [5, 5.41) is 2.53. The van der Waals surface area contributed by atoms with Crippen molar-refractivity contribution in [2.45, 2.75) is 10.7 Å². The van der Waals surface area contributed by atoms with E-state index >= 15 is 0 Å². The number of hydrogen-bond acceptors (Lipinski definition) is 8. The lowest BCUT2D eigenvalue weighted by molar-refractivity contribution is 0.102. The normalized spacial score (nSPS) is 14.6. The van der Waals surface area contributed by atoms with Gasteiger partial charge in [-0.25, -0.2) is 13.4 Å². The number of alkyl halides is 2. The maximum atomic E-state index is 13.0. The maximum Gasteiger partial charge on any atom is 0.341 e. The van der Waals surface area contributed by atoms with Crippen LogP contribution in [0, 0.1) is 0 Å². The van der Waals surface area contributed by atoms with Crippen LogP contribution >= 0.6 is 0 Å². The first-order valence-corrected chi connectivity index (χ1v) is 10.6. The van der Waals surface area contributed by atoms with Crippen LogP contribution in [-0.2, 0) is 14.6 Å². The fourth-order valence-corrected chi connectivity index (χ4v) is 3.82. The number of amides is 1. The summed E-state index contributed by atoms with van der Waals surface area (Å²) in [4.78, 5) is 24.3. The fraction of sp³-hybridized carbons (Fsp3) is 0.389. The number of sulfone groups is 1. The fourth-order valence-electron chi connectivity index (χ4n) is 2.90. The van der Waals surface area contributed by atoms with Crippen LogP contribution in [0.25, 0.3) is 0 Å². The molecule has 162 valence electrons. The van der Waals surface area contributed by atoms with Crippen molar-refractivity contribution < 1.29 is 26.7 Å². The van der Waals surface area contributed by atoms with Gasteiger partial charge in [-0.3, -0.25) is 4.79 Å². The highest BCUT2D eigenvalue weighted by Crippen LogP contribution is 2.27. The highest BCUT2D eigenvalue weighted by Gasteiger charge is 2.31. The summed E-state index contributed by atoms with van der Waals surface area (Å²) < 4.78 is 55.2. The minimum Gasteiger partial charge on any atom is -0.378 e. The molecule has 1 aromatic heterocycles. The molecule has 0 aliphatic carbocycles. The van der Waals surface area contributed by atoms with Crippen molar-refractivity contribution in [3.63, 3.8) is 0 Å². The molecule has 0 saturated carbocycles. The van der Waals surface area contributed by atoms with E-state index < -0.39 is 26.4 Å². The van der Waals surface area contributed by atoms with Gasteiger partial charge in [0.2, 0.25) is 15.8 Å². The quantitative estimate of drug-likeness (QED) is 0.721. The minimum atomic E-state index is -4.95. The SMILES string of the molecule is CN(C)c1nc(N2CCOCC2)ncc1NC(=O)c1ccccc1S(=O)(=O)C(F)F. The molecule has 2 heterocycles. The number of carbonyl (C=O) groups excluding carboxylic acids is 1. The number of morpholine rings is 1. The molecule has 1 aliphatic rings. The summed E-state index contributed by atoms with van der Waals surface area (Å²) in [7, 11) is -1.51. The van der Waals surface area contributed by atoms with Crippen LogP contribution in [0.4, 0.5) is 26.2 Å². The van der Waals surface area contributed by atoms with Crippen molar-refractivity contribution in [3.8, 4) is 0 Å². The van der Waals surface area contributed by atoms with Crippen LogP contribution in [0.2, 0.25) is 0 Å². The van der Waals surface area contributed by atoms with Crippen molar-refractivity contribution >= 4 is 33.2 Å². The number of rotatable bonds is 6. The molecule has 0 unspecified atom stereocenters. The van der Waals surface area contributed by atoms with Crippen LogP contribution in [0.15, 0.2) is 35.4 Å². The minimum absolute atomic E-state index is 0.214. The van der Waals surface area contributed by atoms with E-state index in [0.717, 1.165) is 6.07 Å². The zero-order valence-electron chi connectivity index (χ0n) is 16.4. The average Bonchev–Trinajstić information content (AvgIpc) is 2.74. The monoisotopic (exact) mass is 441 g/mol. The third-order valence-electron chi connectivity index (χ3n) is 4.39. The van der Waals surface area contributed by atoms with Gasteiger partial charge in [-0.15, -0.1) is 0 Å².